The monoisotopic (exact) mass is 220 g/mol. The Kier molecular flexibility index (Phi) is 4.58. The van der Waals surface area contributed by atoms with Crippen molar-refractivity contribution in [1.82, 2.24) is 0 Å². The van der Waals surface area contributed by atoms with Gasteiger partial charge in [0, 0.05) is 5.56 Å². The lowest BCUT2D eigenvalue weighted by atomic mass is 10.2. The molecule has 0 aliphatic carbocycles. The van der Waals surface area contributed by atoms with Crippen molar-refractivity contribution in [2.24, 2.45) is 0 Å². The number of ether oxygens (including phenoxy) is 2. The summed E-state index contributed by atoms with van der Waals surface area (Å²) >= 11 is 0. The standard InChI is InChI=1S/C13H16O3/c1-4-10(2)9-16-13-7-11(8-14)5-6-12(13)15-3/h5-8H,2,4,9H2,1,3H3. The van der Waals surface area contributed by atoms with E-state index in [1.165, 1.54) is 0 Å². The summed E-state index contributed by atoms with van der Waals surface area (Å²) in [6, 6.07) is 5.07. The van der Waals surface area contributed by atoms with Crippen LogP contribution in [-0.4, -0.2) is 20.0 Å². The largest absolute Gasteiger partial charge is 0.493 e. The number of benzene rings is 1. The number of hydrogen-bond acceptors (Lipinski definition) is 3. The van der Waals surface area contributed by atoms with E-state index in [2.05, 4.69) is 6.58 Å². The van der Waals surface area contributed by atoms with Gasteiger partial charge in [-0.1, -0.05) is 13.5 Å². The molecule has 0 fully saturated rings. The molecule has 1 aromatic rings. The summed E-state index contributed by atoms with van der Waals surface area (Å²) in [4.78, 5) is 10.6. The second-order valence-corrected chi connectivity index (χ2v) is 3.42. The summed E-state index contributed by atoms with van der Waals surface area (Å²) in [7, 11) is 1.57. The molecule has 1 rings (SSSR count). The zero-order chi connectivity index (χ0) is 12.0. The lowest BCUT2D eigenvalue weighted by Gasteiger charge is -2.11. The molecule has 0 saturated heterocycles. The van der Waals surface area contributed by atoms with Gasteiger partial charge in [0.05, 0.1) is 7.11 Å². The van der Waals surface area contributed by atoms with Crippen LogP contribution in [0, 0.1) is 0 Å². The van der Waals surface area contributed by atoms with Crippen molar-refractivity contribution in [3.8, 4) is 11.5 Å². The Morgan fingerprint density at radius 3 is 2.75 bits per heavy atom. The number of hydrogen-bond donors (Lipinski definition) is 0. The SMILES string of the molecule is C=C(CC)COc1cc(C=O)ccc1OC. The summed E-state index contributed by atoms with van der Waals surface area (Å²) < 4.78 is 10.7. The van der Waals surface area contributed by atoms with Gasteiger partial charge in [-0.05, 0) is 30.2 Å². The van der Waals surface area contributed by atoms with Crippen LogP contribution in [0.1, 0.15) is 23.7 Å². The minimum absolute atomic E-state index is 0.440. The fraction of sp³-hybridized carbons (Fsp3) is 0.308. The molecule has 0 aromatic heterocycles. The van der Waals surface area contributed by atoms with Crippen LogP contribution in [-0.2, 0) is 0 Å². The Labute approximate surface area is 95.7 Å². The minimum atomic E-state index is 0.440. The van der Waals surface area contributed by atoms with E-state index in [0.717, 1.165) is 18.3 Å². The molecule has 0 saturated carbocycles. The summed E-state index contributed by atoms with van der Waals surface area (Å²) in [6.45, 7) is 6.31. The zero-order valence-electron chi connectivity index (χ0n) is 9.66. The molecule has 0 spiro atoms. The summed E-state index contributed by atoms with van der Waals surface area (Å²) in [5.74, 6) is 1.19. The van der Waals surface area contributed by atoms with E-state index < -0.39 is 0 Å². The van der Waals surface area contributed by atoms with Gasteiger partial charge >= 0.3 is 0 Å². The fourth-order valence-corrected chi connectivity index (χ4v) is 1.16. The fourth-order valence-electron chi connectivity index (χ4n) is 1.16. The van der Waals surface area contributed by atoms with E-state index in [9.17, 15) is 4.79 Å². The Hall–Kier alpha value is -1.77. The highest BCUT2D eigenvalue weighted by molar-refractivity contribution is 5.76. The van der Waals surface area contributed by atoms with E-state index in [1.807, 2.05) is 6.92 Å². The molecule has 0 unspecified atom stereocenters. The smallest absolute Gasteiger partial charge is 0.162 e. The number of methoxy groups -OCH3 is 1. The van der Waals surface area contributed by atoms with E-state index in [1.54, 1.807) is 25.3 Å². The quantitative estimate of drug-likeness (QED) is 0.546. The van der Waals surface area contributed by atoms with Gasteiger partial charge in [0.15, 0.2) is 11.5 Å². The summed E-state index contributed by atoms with van der Waals surface area (Å²) in [6.07, 6.45) is 1.65. The third-order valence-electron chi connectivity index (χ3n) is 2.26. The van der Waals surface area contributed by atoms with E-state index >= 15 is 0 Å². The van der Waals surface area contributed by atoms with Gasteiger partial charge < -0.3 is 9.47 Å². The topological polar surface area (TPSA) is 35.5 Å². The number of carbonyl (C=O) groups excluding carboxylic acids is 1. The average molecular weight is 220 g/mol. The van der Waals surface area contributed by atoms with Gasteiger partial charge in [-0.25, -0.2) is 0 Å². The first-order valence-corrected chi connectivity index (χ1v) is 5.14. The van der Waals surface area contributed by atoms with Gasteiger partial charge in [0.1, 0.15) is 12.9 Å². The molecular weight excluding hydrogens is 204 g/mol. The van der Waals surface area contributed by atoms with Crippen LogP contribution in [0.3, 0.4) is 0 Å². The highest BCUT2D eigenvalue weighted by atomic mass is 16.5. The predicted molar refractivity (Wildman–Crippen MR) is 63.3 cm³/mol. The van der Waals surface area contributed by atoms with Crippen molar-refractivity contribution in [2.75, 3.05) is 13.7 Å². The molecule has 0 heterocycles. The van der Waals surface area contributed by atoms with E-state index in [-0.39, 0.29) is 0 Å². The first-order chi connectivity index (χ1) is 7.71. The summed E-state index contributed by atoms with van der Waals surface area (Å²) in [5.41, 5.74) is 1.57. The van der Waals surface area contributed by atoms with E-state index in [0.29, 0.717) is 23.7 Å². The molecule has 0 bridgehead atoms. The molecule has 3 heteroatoms. The van der Waals surface area contributed by atoms with Crippen molar-refractivity contribution in [1.29, 1.82) is 0 Å². The molecular formula is C13H16O3. The molecule has 0 amide bonds. The average Bonchev–Trinajstić information content (AvgIpc) is 2.35. The van der Waals surface area contributed by atoms with Gasteiger partial charge in [0.2, 0.25) is 0 Å². The van der Waals surface area contributed by atoms with Crippen LogP contribution in [0.2, 0.25) is 0 Å². The molecule has 0 atom stereocenters. The lowest BCUT2D eigenvalue weighted by molar-refractivity contribution is 0.112. The van der Waals surface area contributed by atoms with Crippen LogP contribution >= 0.6 is 0 Å². The first kappa shape index (κ1) is 12.3. The Morgan fingerprint density at radius 2 is 2.19 bits per heavy atom. The van der Waals surface area contributed by atoms with Crippen molar-refractivity contribution < 1.29 is 14.3 Å². The predicted octanol–water partition coefficient (Wildman–Crippen LogP) is 2.85. The van der Waals surface area contributed by atoms with Crippen LogP contribution in [0.25, 0.3) is 0 Å². The second-order valence-electron chi connectivity index (χ2n) is 3.42. The molecule has 0 N–H and O–H groups in total. The van der Waals surface area contributed by atoms with Gasteiger partial charge in [0.25, 0.3) is 0 Å². The number of rotatable bonds is 6. The molecule has 0 aliphatic rings. The van der Waals surface area contributed by atoms with Crippen LogP contribution in [0.5, 0.6) is 11.5 Å². The molecule has 0 radical (unpaired) electrons. The van der Waals surface area contributed by atoms with Crippen molar-refractivity contribution in [2.45, 2.75) is 13.3 Å². The van der Waals surface area contributed by atoms with E-state index in [4.69, 9.17) is 9.47 Å². The maximum absolute atomic E-state index is 10.6. The van der Waals surface area contributed by atoms with Gasteiger partial charge in [-0.3, -0.25) is 4.79 Å². The van der Waals surface area contributed by atoms with Crippen molar-refractivity contribution in [3.63, 3.8) is 0 Å². The van der Waals surface area contributed by atoms with Gasteiger partial charge in [-0.2, -0.15) is 0 Å². The van der Waals surface area contributed by atoms with Crippen molar-refractivity contribution >= 4 is 6.29 Å². The molecule has 0 aliphatic heterocycles. The number of carbonyl (C=O) groups is 1. The zero-order valence-corrected chi connectivity index (χ0v) is 9.66. The molecule has 16 heavy (non-hydrogen) atoms. The lowest BCUT2D eigenvalue weighted by Crippen LogP contribution is -2.01. The maximum atomic E-state index is 10.6. The maximum Gasteiger partial charge on any atom is 0.162 e. The van der Waals surface area contributed by atoms with Crippen LogP contribution in [0.4, 0.5) is 0 Å². The molecule has 86 valence electrons. The minimum Gasteiger partial charge on any atom is -0.493 e. The van der Waals surface area contributed by atoms with Gasteiger partial charge in [-0.15, -0.1) is 0 Å². The Balaban J connectivity index is 2.82. The third kappa shape index (κ3) is 3.12. The molecule has 3 nitrogen and oxygen atoms in total. The van der Waals surface area contributed by atoms with Crippen LogP contribution in [0.15, 0.2) is 30.4 Å². The van der Waals surface area contributed by atoms with Crippen LogP contribution < -0.4 is 9.47 Å². The molecule has 1 aromatic carbocycles. The summed E-state index contributed by atoms with van der Waals surface area (Å²) in [5, 5.41) is 0. The highest BCUT2D eigenvalue weighted by Crippen LogP contribution is 2.27. The second kappa shape index (κ2) is 5.95. The Morgan fingerprint density at radius 1 is 1.44 bits per heavy atom. The Bertz CT molecular complexity index is 383. The normalized spacial score (nSPS) is 9.62. The third-order valence-corrected chi connectivity index (χ3v) is 2.26. The van der Waals surface area contributed by atoms with Crippen molar-refractivity contribution in [3.05, 3.63) is 35.9 Å². The highest BCUT2D eigenvalue weighted by Gasteiger charge is 2.05. The first-order valence-electron chi connectivity index (χ1n) is 5.14. The number of aldehydes is 1.